The highest BCUT2D eigenvalue weighted by Crippen LogP contribution is 2.41. The van der Waals surface area contributed by atoms with Gasteiger partial charge in [-0.25, -0.2) is 0 Å². The minimum atomic E-state index is -0.853. The molecule has 0 radical (unpaired) electrons. The number of carbonyl (C=O) groups is 1. The predicted octanol–water partition coefficient (Wildman–Crippen LogP) is 6.62. The van der Waals surface area contributed by atoms with Gasteiger partial charge in [0.25, 0.3) is 5.56 Å². The van der Waals surface area contributed by atoms with Gasteiger partial charge in [-0.15, -0.1) is 0 Å². The number of benzene rings is 3. The van der Waals surface area contributed by atoms with Crippen LogP contribution in [0.4, 0.5) is 5.88 Å². The Balaban J connectivity index is 1.62. The summed E-state index contributed by atoms with van der Waals surface area (Å²) in [5.74, 6) is 0.0818. The Morgan fingerprint density at radius 2 is 1.57 bits per heavy atom. The van der Waals surface area contributed by atoms with Crippen LogP contribution >= 0.6 is 0 Å². The molecule has 1 unspecified atom stereocenters. The summed E-state index contributed by atoms with van der Waals surface area (Å²) in [7, 11) is 0. The van der Waals surface area contributed by atoms with Crippen molar-refractivity contribution in [3.8, 4) is 28.5 Å². The molecule has 0 saturated carbocycles. The Morgan fingerprint density at radius 3 is 2.22 bits per heavy atom. The third-order valence-corrected chi connectivity index (χ3v) is 6.60. The van der Waals surface area contributed by atoms with Crippen molar-refractivity contribution >= 4 is 22.7 Å². The number of nitrogens with one attached hydrogen (secondary N) is 1. The van der Waals surface area contributed by atoms with Gasteiger partial charge in [0.1, 0.15) is 23.4 Å². The number of carbonyl (C=O) groups excluding carboxylic acids is 1. The largest absolute Gasteiger partial charge is 0.438 e. The van der Waals surface area contributed by atoms with Crippen LogP contribution in [0.1, 0.15) is 29.7 Å². The second-order valence-corrected chi connectivity index (χ2v) is 9.03. The molecule has 182 valence electrons. The number of furan rings is 1. The molecule has 0 spiro atoms. The van der Waals surface area contributed by atoms with Crippen molar-refractivity contribution in [2.24, 2.45) is 0 Å². The monoisotopic (exact) mass is 487 g/mol. The number of aryl methyl sites for hydroxylation is 2. The first-order valence-corrected chi connectivity index (χ1v) is 12.0. The van der Waals surface area contributed by atoms with Gasteiger partial charge in [0, 0.05) is 22.6 Å². The molecular formula is C31H25N3O3. The first-order valence-electron chi connectivity index (χ1n) is 12.0. The lowest BCUT2D eigenvalue weighted by Crippen LogP contribution is -2.32. The van der Waals surface area contributed by atoms with Gasteiger partial charge in [-0.3, -0.25) is 19.5 Å². The van der Waals surface area contributed by atoms with E-state index in [-0.39, 0.29) is 17.0 Å². The number of rotatable bonds is 5. The number of hydrogen-bond donors (Lipinski definition) is 1. The van der Waals surface area contributed by atoms with Crippen molar-refractivity contribution in [3.05, 3.63) is 112 Å². The lowest BCUT2D eigenvalue weighted by Gasteiger charge is -2.19. The smallest absolute Gasteiger partial charge is 0.252 e. The third kappa shape index (κ3) is 4.21. The van der Waals surface area contributed by atoms with Crippen molar-refractivity contribution in [1.29, 1.82) is 5.26 Å². The van der Waals surface area contributed by atoms with Crippen molar-refractivity contribution in [1.82, 2.24) is 4.57 Å². The molecule has 0 saturated heterocycles. The molecule has 5 rings (SSSR count). The topological polar surface area (TPSA) is 88.0 Å². The molecule has 2 aromatic heterocycles. The van der Waals surface area contributed by atoms with Crippen molar-refractivity contribution in [2.75, 3.05) is 5.32 Å². The average molecular weight is 488 g/mol. The Bertz CT molecular complexity index is 1730. The molecular weight excluding hydrogens is 462 g/mol. The summed E-state index contributed by atoms with van der Waals surface area (Å²) in [5, 5.41) is 13.8. The maximum atomic E-state index is 13.5. The fourth-order valence-electron chi connectivity index (χ4n) is 4.76. The molecule has 1 atom stereocenters. The highest BCUT2D eigenvalue weighted by atomic mass is 16.4. The van der Waals surface area contributed by atoms with Gasteiger partial charge in [-0.2, -0.15) is 5.26 Å². The quantitative estimate of drug-likeness (QED) is 0.302. The zero-order valence-corrected chi connectivity index (χ0v) is 20.8. The summed E-state index contributed by atoms with van der Waals surface area (Å²) < 4.78 is 7.65. The maximum Gasteiger partial charge on any atom is 0.252 e. The summed E-state index contributed by atoms with van der Waals surface area (Å²) >= 11 is 0. The predicted molar refractivity (Wildman–Crippen MR) is 145 cm³/mol. The summed E-state index contributed by atoms with van der Waals surface area (Å²) in [5.41, 5.74) is 4.60. The van der Waals surface area contributed by atoms with E-state index in [1.165, 1.54) is 4.57 Å². The maximum absolute atomic E-state index is 13.5. The molecule has 2 heterocycles. The average Bonchev–Trinajstić information content (AvgIpc) is 3.28. The molecule has 1 amide bonds. The highest BCUT2D eigenvalue weighted by Gasteiger charge is 2.27. The van der Waals surface area contributed by atoms with Crippen LogP contribution in [0.5, 0.6) is 0 Å². The standard InChI is InChI=1S/C31H25N3O3/c1-19-11-10-16-24-20(2)17-26(35)34(28(19)24)21(3)30(36)33-31-25(18-32)27(22-12-6-4-7-13-22)29(37-31)23-14-8-5-9-15-23/h4-17,21H,1-3H3,(H,33,36). The van der Waals surface area contributed by atoms with Crippen LogP contribution in [-0.2, 0) is 4.79 Å². The van der Waals surface area contributed by atoms with Crippen LogP contribution in [0.2, 0.25) is 0 Å². The number of aromatic nitrogens is 1. The molecule has 0 aliphatic heterocycles. The van der Waals surface area contributed by atoms with Gasteiger partial charge in [-0.05, 0) is 37.5 Å². The number of fused-ring (bicyclic) bond motifs is 1. The fraction of sp³-hybridized carbons (Fsp3) is 0.129. The Kier molecular flexibility index (Phi) is 6.21. The summed E-state index contributed by atoms with van der Waals surface area (Å²) in [6.07, 6.45) is 0. The first kappa shape index (κ1) is 23.8. The molecule has 37 heavy (non-hydrogen) atoms. The van der Waals surface area contributed by atoms with Crippen molar-refractivity contribution in [2.45, 2.75) is 26.8 Å². The van der Waals surface area contributed by atoms with Crippen LogP contribution in [0.3, 0.4) is 0 Å². The molecule has 0 bridgehead atoms. The molecule has 6 nitrogen and oxygen atoms in total. The van der Waals surface area contributed by atoms with Crippen LogP contribution in [-0.4, -0.2) is 10.5 Å². The van der Waals surface area contributed by atoms with Crippen LogP contribution in [0.15, 0.2) is 94.1 Å². The molecule has 6 heteroatoms. The number of hydrogen-bond acceptors (Lipinski definition) is 4. The number of amides is 1. The van der Waals surface area contributed by atoms with E-state index < -0.39 is 11.9 Å². The second kappa shape index (κ2) is 9.63. The van der Waals surface area contributed by atoms with E-state index in [0.717, 1.165) is 27.6 Å². The zero-order valence-electron chi connectivity index (χ0n) is 20.8. The number of pyridine rings is 1. The Morgan fingerprint density at radius 1 is 0.919 bits per heavy atom. The zero-order chi connectivity index (χ0) is 26.1. The second-order valence-electron chi connectivity index (χ2n) is 9.03. The van der Waals surface area contributed by atoms with E-state index in [1.807, 2.05) is 92.7 Å². The van der Waals surface area contributed by atoms with E-state index in [0.29, 0.717) is 16.8 Å². The first-order chi connectivity index (χ1) is 17.9. The number of anilines is 1. The molecule has 0 aliphatic carbocycles. The van der Waals surface area contributed by atoms with E-state index >= 15 is 0 Å². The lowest BCUT2D eigenvalue weighted by atomic mass is 9.98. The Hall–Kier alpha value is -4.89. The van der Waals surface area contributed by atoms with Crippen molar-refractivity contribution < 1.29 is 9.21 Å². The van der Waals surface area contributed by atoms with Gasteiger partial charge >= 0.3 is 0 Å². The molecule has 1 N–H and O–H groups in total. The van der Waals surface area contributed by atoms with E-state index in [9.17, 15) is 14.9 Å². The molecule has 0 fully saturated rings. The molecule has 0 aliphatic rings. The van der Waals surface area contributed by atoms with Crippen LogP contribution < -0.4 is 10.9 Å². The van der Waals surface area contributed by atoms with Crippen LogP contribution in [0.25, 0.3) is 33.4 Å². The van der Waals surface area contributed by atoms with Gasteiger partial charge in [-0.1, -0.05) is 78.9 Å². The van der Waals surface area contributed by atoms with Crippen LogP contribution in [0, 0.1) is 25.2 Å². The number of para-hydroxylation sites is 1. The third-order valence-electron chi connectivity index (χ3n) is 6.60. The van der Waals surface area contributed by atoms with E-state index in [4.69, 9.17) is 4.42 Å². The molecule has 5 aromatic rings. The number of nitriles is 1. The number of nitrogens with zero attached hydrogens (tertiary/aromatic N) is 2. The SMILES string of the molecule is Cc1cc(=O)n(C(C)C(=O)Nc2oc(-c3ccccc3)c(-c3ccccc3)c2C#N)c2c(C)cccc12. The summed E-state index contributed by atoms with van der Waals surface area (Å²) in [6, 6.07) is 27.6. The summed E-state index contributed by atoms with van der Waals surface area (Å²) in [4.78, 5) is 26.6. The van der Waals surface area contributed by atoms with E-state index in [1.54, 1.807) is 13.0 Å². The highest BCUT2D eigenvalue weighted by molar-refractivity contribution is 5.98. The van der Waals surface area contributed by atoms with Gasteiger partial charge in [0.15, 0.2) is 0 Å². The Labute approximate surface area is 214 Å². The van der Waals surface area contributed by atoms with Gasteiger partial charge in [0.05, 0.1) is 5.52 Å². The minimum Gasteiger partial charge on any atom is -0.438 e. The minimum absolute atomic E-state index is 0.0539. The van der Waals surface area contributed by atoms with Crippen molar-refractivity contribution in [3.63, 3.8) is 0 Å². The van der Waals surface area contributed by atoms with Gasteiger partial charge < -0.3 is 4.42 Å². The van der Waals surface area contributed by atoms with E-state index in [2.05, 4.69) is 11.4 Å². The lowest BCUT2D eigenvalue weighted by molar-refractivity contribution is -0.118. The normalized spacial score (nSPS) is 11.7. The van der Waals surface area contributed by atoms with Gasteiger partial charge in [0.2, 0.25) is 11.8 Å². The molecule has 3 aromatic carbocycles. The fourth-order valence-corrected chi connectivity index (χ4v) is 4.76. The summed E-state index contributed by atoms with van der Waals surface area (Å²) in [6.45, 7) is 5.47.